The molecule has 0 amide bonds. The van der Waals surface area contributed by atoms with E-state index in [0.29, 0.717) is 24.3 Å². The average Bonchev–Trinajstić information content (AvgIpc) is 3.43. The number of hydrogen-bond acceptors (Lipinski definition) is 3. The minimum Gasteiger partial charge on any atom is -0.319 e. The molecule has 6 heteroatoms. The molecule has 0 aromatic heterocycles. The van der Waals surface area contributed by atoms with Gasteiger partial charge >= 0.3 is 0 Å². The molecule has 0 bridgehead atoms. The highest BCUT2D eigenvalue weighted by molar-refractivity contribution is 7.89. The Bertz CT molecular complexity index is 988. The maximum absolute atomic E-state index is 12.1. The zero-order chi connectivity index (χ0) is 21.1. The lowest BCUT2D eigenvalue weighted by Gasteiger charge is -2.21. The number of sulfonamides is 1. The van der Waals surface area contributed by atoms with Crippen LogP contribution >= 0.6 is 11.6 Å². The fourth-order valence-corrected chi connectivity index (χ4v) is 6.38. The molecule has 1 fully saturated rings. The molecule has 0 saturated heterocycles. The molecule has 1 saturated carbocycles. The Morgan fingerprint density at radius 1 is 1.10 bits per heavy atom. The monoisotopic (exact) mass is 446 g/mol. The molecule has 0 heterocycles. The first-order chi connectivity index (χ1) is 14.4. The fourth-order valence-electron chi connectivity index (χ4n) is 4.69. The first-order valence-corrected chi connectivity index (χ1v) is 12.9. The minimum absolute atomic E-state index is 0.282. The van der Waals surface area contributed by atoms with Crippen molar-refractivity contribution in [2.75, 3.05) is 25.9 Å². The van der Waals surface area contributed by atoms with Crippen molar-refractivity contribution < 1.29 is 8.42 Å². The van der Waals surface area contributed by atoms with Gasteiger partial charge in [-0.15, -0.1) is 0 Å². The molecule has 2 aliphatic rings. The Morgan fingerprint density at radius 2 is 1.93 bits per heavy atom. The molecule has 0 spiro atoms. The maximum Gasteiger partial charge on any atom is 0.211 e. The van der Waals surface area contributed by atoms with Crippen molar-refractivity contribution in [2.24, 2.45) is 11.8 Å². The summed E-state index contributed by atoms with van der Waals surface area (Å²) in [4.78, 5) is 0. The summed E-state index contributed by atoms with van der Waals surface area (Å²) in [5.41, 5.74) is 5.29. The molecule has 162 valence electrons. The van der Waals surface area contributed by atoms with Gasteiger partial charge in [0.25, 0.3) is 0 Å². The standard InChI is InChI=1S/C24H31ClN2O2S/c1-26-15-21-14-20-8-7-17(9-10-27-30(28,29)16-18-5-6-18)12-23(20)24(21)13-19-3-2-4-22(25)11-19/h2-4,7-8,11-12,18,21,24,26-27H,5-6,9-10,13-16H2,1H3. The van der Waals surface area contributed by atoms with E-state index in [-0.39, 0.29) is 5.75 Å². The topological polar surface area (TPSA) is 58.2 Å². The number of rotatable bonds is 10. The van der Waals surface area contributed by atoms with Gasteiger partial charge < -0.3 is 5.32 Å². The predicted molar refractivity (Wildman–Crippen MR) is 124 cm³/mol. The molecule has 0 radical (unpaired) electrons. The zero-order valence-electron chi connectivity index (χ0n) is 17.5. The summed E-state index contributed by atoms with van der Waals surface area (Å²) < 4.78 is 27.0. The third-order valence-corrected chi connectivity index (χ3v) is 8.15. The van der Waals surface area contributed by atoms with Crippen molar-refractivity contribution in [1.82, 2.24) is 10.0 Å². The van der Waals surface area contributed by atoms with E-state index in [1.54, 1.807) is 0 Å². The zero-order valence-corrected chi connectivity index (χ0v) is 19.1. The Hall–Kier alpha value is -1.40. The van der Waals surface area contributed by atoms with Crippen LogP contribution in [0, 0.1) is 11.8 Å². The molecule has 2 aliphatic carbocycles. The van der Waals surface area contributed by atoms with Gasteiger partial charge in [-0.25, -0.2) is 13.1 Å². The van der Waals surface area contributed by atoms with Gasteiger partial charge in [0.1, 0.15) is 0 Å². The number of benzene rings is 2. The fraction of sp³-hybridized carbons (Fsp3) is 0.500. The summed E-state index contributed by atoms with van der Waals surface area (Å²) in [7, 11) is -1.13. The van der Waals surface area contributed by atoms with E-state index in [2.05, 4.69) is 40.4 Å². The lowest BCUT2D eigenvalue weighted by atomic mass is 9.86. The van der Waals surface area contributed by atoms with Crippen LogP contribution < -0.4 is 10.0 Å². The van der Waals surface area contributed by atoms with Gasteiger partial charge in [0.05, 0.1) is 5.75 Å². The molecule has 30 heavy (non-hydrogen) atoms. The number of hydrogen-bond donors (Lipinski definition) is 2. The SMILES string of the molecule is CNCC1Cc2ccc(CCNS(=O)(=O)CC3CC3)cc2C1Cc1cccc(Cl)c1. The van der Waals surface area contributed by atoms with Gasteiger partial charge in [-0.1, -0.05) is 41.9 Å². The number of fused-ring (bicyclic) bond motifs is 1. The van der Waals surface area contributed by atoms with Crippen LogP contribution in [0.15, 0.2) is 42.5 Å². The van der Waals surface area contributed by atoms with Crippen molar-refractivity contribution >= 4 is 21.6 Å². The van der Waals surface area contributed by atoms with Gasteiger partial charge in [0.15, 0.2) is 0 Å². The molecule has 2 aromatic rings. The summed E-state index contributed by atoms with van der Waals surface area (Å²) in [6, 6.07) is 14.9. The second-order valence-electron chi connectivity index (χ2n) is 8.86. The van der Waals surface area contributed by atoms with Crippen LogP contribution in [-0.2, 0) is 29.3 Å². The summed E-state index contributed by atoms with van der Waals surface area (Å²) in [5.74, 6) is 1.65. The lowest BCUT2D eigenvalue weighted by Crippen LogP contribution is -2.29. The van der Waals surface area contributed by atoms with Crippen LogP contribution in [0.5, 0.6) is 0 Å². The maximum atomic E-state index is 12.1. The summed E-state index contributed by atoms with van der Waals surface area (Å²) >= 11 is 6.21. The molecule has 4 nitrogen and oxygen atoms in total. The van der Waals surface area contributed by atoms with Crippen molar-refractivity contribution in [1.29, 1.82) is 0 Å². The van der Waals surface area contributed by atoms with Gasteiger partial charge in [-0.05, 0) is 97.8 Å². The second kappa shape index (κ2) is 9.39. The van der Waals surface area contributed by atoms with Gasteiger partial charge in [-0.2, -0.15) is 0 Å². The molecule has 2 aromatic carbocycles. The molecular weight excluding hydrogens is 416 g/mol. The average molecular weight is 447 g/mol. The third kappa shape index (κ3) is 5.64. The number of halogens is 1. The van der Waals surface area contributed by atoms with E-state index in [1.807, 2.05) is 19.2 Å². The summed E-state index contributed by atoms with van der Waals surface area (Å²) in [6.45, 7) is 1.45. The van der Waals surface area contributed by atoms with Crippen molar-refractivity contribution in [2.45, 2.75) is 38.0 Å². The van der Waals surface area contributed by atoms with E-state index >= 15 is 0 Å². The summed E-state index contributed by atoms with van der Waals surface area (Å²) in [6.07, 6.45) is 4.87. The Labute approximate surface area is 185 Å². The van der Waals surface area contributed by atoms with E-state index in [9.17, 15) is 8.42 Å². The van der Waals surface area contributed by atoms with Crippen LogP contribution in [0.4, 0.5) is 0 Å². The Kier molecular flexibility index (Phi) is 6.83. The van der Waals surface area contributed by atoms with Crippen molar-refractivity contribution in [3.05, 3.63) is 69.7 Å². The van der Waals surface area contributed by atoms with E-state index < -0.39 is 10.0 Å². The van der Waals surface area contributed by atoms with E-state index in [0.717, 1.165) is 43.7 Å². The Balaban J connectivity index is 1.46. The van der Waals surface area contributed by atoms with Crippen LogP contribution in [0.3, 0.4) is 0 Å². The quantitative estimate of drug-likeness (QED) is 0.581. The number of nitrogens with one attached hydrogen (secondary N) is 2. The smallest absolute Gasteiger partial charge is 0.211 e. The summed E-state index contributed by atoms with van der Waals surface area (Å²) in [5, 5.41) is 4.14. The van der Waals surface area contributed by atoms with Gasteiger partial charge in [-0.3, -0.25) is 0 Å². The normalized spacial score (nSPS) is 21.0. The van der Waals surface area contributed by atoms with Crippen LogP contribution in [-0.4, -0.2) is 34.3 Å². The first kappa shape index (κ1) is 21.8. The molecule has 2 atom stereocenters. The molecule has 2 N–H and O–H groups in total. The highest BCUT2D eigenvalue weighted by Crippen LogP contribution is 2.40. The van der Waals surface area contributed by atoms with Crippen molar-refractivity contribution in [3.8, 4) is 0 Å². The molecular formula is C24H31ClN2O2S. The van der Waals surface area contributed by atoms with Gasteiger partial charge in [0.2, 0.25) is 10.0 Å². The largest absolute Gasteiger partial charge is 0.319 e. The Morgan fingerprint density at radius 3 is 2.67 bits per heavy atom. The van der Waals surface area contributed by atoms with Gasteiger partial charge in [0, 0.05) is 11.6 Å². The minimum atomic E-state index is -3.14. The highest BCUT2D eigenvalue weighted by Gasteiger charge is 2.32. The lowest BCUT2D eigenvalue weighted by molar-refractivity contribution is 0.436. The van der Waals surface area contributed by atoms with E-state index in [4.69, 9.17) is 11.6 Å². The molecule has 0 aliphatic heterocycles. The van der Waals surface area contributed by atoms with Crippen LogP contribution in [0.1, 0.15) is 41.0 Å². The molecule has 4 rings (SSSR count). The predicted octanol–water partition coefficient (Wildman–Crippen LogP) is 3.93. The van der Waals surface area contributed by atoms with Crippen LogP contribution in [0.25, 0.3) is 0 Å². The third-order valence-electron chi connectivity index (χ3n) is 6.36. The first-order valence-electron chi connectivity index (χ1n) is 10.9. The highest BCUT2D eigenvalue weighted by atomic mass is 35.5. The molecule has 2 unspecified atom stereocenters. The van der Waals surface area contributed by atoms with Crippen molar-refractivity contribution in [3.63, 3.8) is 0 Å². The second-order valence-corrected chi connectivity index (χ2v) is 11.2. The van der Waals surface area contributed by atoms with Crippen LogP contribution in [0.2, 0.25) is 5.02 Å². The van der Waals surface area contributed by atoms with E-state index in [1.165, 1.54) is 22.3 Å².